The summed E-state index contributed by atoms with van der Waals surface area (Å²) in [4.78, 5) is 22.4. The Morgan fingerprint density at radius 1 is 1.14 bits per heavy atom. The van der Waals surface area contributed by atoms with E-state index in [-0.39, 0.29) is 23.6 Å². The number of imidazole rings is 1. The SMILES string of the molecule is CC(C)n1cc(-c2ccnc(NC3CCC([I-][NH+]4CCCS4(=O)=O)CC3)n2)n(-c2ccc(F)cc2)c1=O. The molecule has 2 aromatic heterocycles. The Bertz CT molecular complexity index is 1410. The number of alkyl halides is 1. The van der Waals surface area contributed by atoms with E-state index in [1.807, 2.05) is 13.8 Å². The van der Waals surface area contributed by atoms with Crippen molar-refractivity contribution in [2.24, 2.45) is 0 Å². The van der Waals surface area contributed by atoms with Crippen molar-refractivity contribution < 1.29 is 36.8 Å². The van der Waals surface area contributed by atoms with Gasteiger partial charge in [0.2, 0.25) is 0 Å². The summed E-state index contributed by atoms with van der Waals surface area (Å²) < 4.78 is 42.5. The molecule has 9 nitrogen and oxygen atoms in total. The Morgan fingerprint density at radius 3 is 2.51 bits per heavy atom. The molecule has 2 aliphatic rings. The van der Waals surface area contributed by atoms with Gasteiger partial charge in [0.05, 0.1) is 0 Å². The molecular formula is C25H32FIN6O3S. The molecule has 1 atom stereocenters. The molecule has 1 aliphatic carbocycles. The minimum atomic E-state index is -2.93. The third kappa shape index (κ3) is 5.75. The second-order valence-electron chi connectivity index (χ2n) is 9.86. The first kappa shape index (κ1) is 26.3. The van der Waals surface area contributed by atoms with E-state index in [1.54, 1.807) is 39.7 Å². The first-order valence-electron chi connectivity index (χ1n) is 12.6. The molecule has 1 aliphatic heterocycles. The topological polar surface area (TPSA) is 103 Å². The van der Waals surface area contributed by atoms with Crippen molar-refractivity contribution in [1.82, 2.24) is 19.1 Å². The molecule has 200 valence electrons. The summed E-state index contributed by atoms with van der Waals surface area (Å²) in [6.07, 6.45) is 8.19. The van der Waals surface area contributed by atoms with Gasteiger partial charge in [-0.2, -0.15) is 0 Å². The van der Waals surface area contributed by atoms with Crippen LogP contribution in [0.25, 0.3) is 17.1 Å². The molecule has 1 saturated heterocycles. The van der Waals surface area contributed by atoms with Gasteiger partial charge < -0.3 is 0 Å². The van der Waals surface area contributed by atoms with Crippen LogP contribution < -0.4 is 35.0 Å². The number of hydrogen-bond donors (Lipinski definition) is 2. The van der Waals surface area contributed by atoms with E-state index in [0.29, 0.717) is 32.7 Å². The van der Waals surface area contributed by atoms with Gasteiger partial charge in [0.1, 0.15) is 5.82 Å². The maximum absolute atomic E-state index is 13.5. The van der Waals surface area contributed by atoms with Crippen LogP contribution in [0.5, 0.6) is 0 Å². The average molecular weight is 643 g/mol. The molecule has 12 heteroatoms. The van der Waals surface area contributed by atoms with Crippen molar-refractivity contribution in [3.63, 3.8) is 0 Å². The number of aromatic nitrogens is 4. The fourth-order valence-corrected chi connectivity index (χ4v) is 11.9. The molecule has 1 unspecified atom stereocenters. The van der Waals surface area contributed by atoms with Crippen molar-refractivity contribution >= 4 is 16.0 Å². The number of sulfonamides is 1. The Balaban J connectivity index is 1.32. The van der Waals surface area contributed by atoms with E-state index in [2.05, 4.69) is 10.3 Å². The van der Waals surface area contributed by atoms with Crippen LogP contribution in [0.3, 0.4) is 0 Å². The molecule has 2 fully saturated rings. The third-order valence-electron chi connectivity index (χ3n) is 6.86. The van der Waals surface area contributed by atoms with Gasteiger partial charge in [0.25, 0.3) is 0 Å². The van der Waals surface area contributed by atoms with Gasteiger partial charge in [0, 0.05) is 0 Å². The second-order valence-corrected chi connectivity index (χ2v) is 16.4. The molecule has 3 aromatic rings. The van der Waals surface area contributed by atoms with Gasteiger partial charge >= 0.3 is 191 Å². The molecule has 0 spiro atoms. The van der Waals surface area contributed by atoms with Crippen LogP contribution in [-0.4, -0.2) is 49.8 Å². The summed E-state index contributed by atoms with van der Waals surface area (Å²) >= 11 is -0.429. The molecule has 0 amide bonds. The normalized spacial score (nSPS) is 23.5. The van der Waals surface area contributed by atoms with Crippen LogP contribution in [0, 0.1) is 5.82 Å². The van der Waals surface area contributed by atoms with Crippen LogP contribution in [0.2, 0.25) is 0 Å². The van der Waals surface area contributed by atoms with Gasteiger partial charge in [-0.05, 0) is 26.0 Å². The summed E-state index contributed by atoms with van der Waals surface area (Å²) in [5, 5.41) is 3.45. The molecular weight excluding hydrogens is 610 g/mol. The first-order chi connectivity index (χ1) is 17.7. The minimum absolute atomic E-state index is 0.0530. The molecule has 0 bridgehead atoms. The van der Waals surface area contributed by atoms with Crippen LogP contribution in [0.4, 0.5) is 10.3 Å². The van der Waals surface area contributed by atoms with Crippen molar-refractivity contribution in [2.75, 3.05) is 17.6 Å². The van der Waals surface area contributed by atoms with Crippen molar-refractivity contribution in [3.8, 4) is 17.1 Å². The van der Waals surface area contributed by atoms with Gasteiger partial charge in [-0.25, -0.2) is 4.39 Å². The van der Waals surface area contributed by atoms with Crippen LogP contribution in [-0.2, 0) is 10.0 Å². The standard InChI is InChI=1S/C25H32FIN6O3S/c1-17(2)31-16-23(33(25(31)34)21-10-4-18(26)5-11-21)22-12-13-28-24(30-22)29-20-8-6-19(7-9-20)27-32-14-3-15-37(32,35)36/h4-5,10-13,16-17,19-20,32H,3,6-9,14-15H2,1-2H3,(H,28,29,30). The molecule has 3 heterocycles. The zero-order valence-electron chi connectivity index (χ0n) is 20.9. The predicted molar refractivity (Wildman–Crippen MR) is 135 cm³/mol. The number of benzene rings is 1. The number of hydrogen-bond acceptors (Lipinski definition) is 6. The van der Waals surface area contributed by atoms with E-state index < -0.39 is 31.5 Å². The Hall–Kier alpha value is -2.32. The van der Waals surface area contributed by atoms with Gasteiger partial charge in [-0.1, -0.05) is 0 Å². The van der Waals surface area contributed by atoms with Gasteiger partial charge in [-0.3, -0.25) is 0 Å². The van der Waals surface area contributed by atoms with Crippen molar-refractivity contribution in [2.45, 2.75) is 62.0 Å². The predicted octanol–water partition coefficient (Wildman–Crippen LogP) is -0.838. The van der Waals surface area contributed by atoms with Crippen LogP contribution >= 0.6 is 0 Å². The van der Waals surface area contributed by atoms with Crippen LogP contribution in [0.1, 0.15) is 52.0 Å². The molecule has 1 aromatic carbocycles. The molecule has 0 radical (unpaired) electrons. The second kappa shape index (κ2) is 10.8. The van der Waals surface area contributed by atoms with E-state index in [1.165, 1.54) is 12.1 Å². The average Bonchev–Trinajstić information content (AvgIpc) is 3.39. The number of nitrogens with zero attached hydrogens (tertiary/aromatic N) is 4. The monoisotopic (exact) mass is 642 g/mol. The number of halogens is 2. The van der Waals surface area contributed by atoms with E-state index >= 15 is 0 Å². The van der Waals surface area contributed by atoms with Crippen molar-refractivity contribution in [3.05, 3.63) is 59.0 Å². The summed E-state index contributed by atoms with van der Waals surface area (Å²) in [6.45, 7) is 4.65. The number of anilines is 1. The first-order valence-corrected chi connectivity index (χ1v) is 16.6. The molecule has 5 rings (SSSR count). The number of rotatable bonds is 7. The van der Waals surface area contributed by atoms with Crippen molar-refractivity contribution in [1.29, 1.82) is 0 Å². The summed E-state index contributed by atoms with van der Waals surface area (Å²) in [5.74, 6) is 0.469. The van der Waals surface area contributed by atoms with Crippen LogP contribution in [0.15, 0.2) is 47.5 Å². The van der Waals surface area contributed by atoms with E-state index in [0.717, 1.165) is 41.2 Å². The Kier molecular flexibility index (Phi) is 7.68. The Labute approximate surface area is 226 Å². The quantitative estimate of drug-likeness (QED) is 0.198. The third-order valence-corrected chi connectivity index (χ3v) is 14.5. The maximum atomic E-state index is 13.5. The van der Waals surface area contributed by atoms with Gasteiger partial charge in [0.15, 0.2) is 0 Å². The number of quaternary nitrogens is 1. The summed E-state index contributed by atoms with van der Waals surface area (Å²) in [7, 11) is -2.93. The fraction of sp³-hybridized carbons (Fsp3) is 0.480. The summed E-state index contributed by atoms with van der Waals surface area (Å²) in [5.41, 5.74) is 1.56. The zero-order valence-corrected chi connectivity index (χ0v) is 23.9. The summed E-state index contributed by atoms with van der Waals surface area (Å²) in [6, 6.07) is 7.78. The zero-order chi connectivity index (χ0) is 26.2. The molecule has 1 saturated carbocycles. The van der Waals surface area contributed by atoms with E-state index in [9.17, 15) is 17.6 Å². The number of nitrogens with one attached hydrogen (secondary N) is 2. The van der Waals surface area contributed by atoms with E-state index in [4.69, 9.17) is 4.98 Å². The fourth-order valence-electron chi connectivity index (χ4n) is 4.88. The molecule has 2 N–H and O–H groups in total. The molecule has 37 heavy (non-hydrogen) atoms. The van der Waals surface area contributed by atoms with Gasteiger partial charge in [-0.15, -0.1) is 0 Å². The Morgan fingerprint density at radius 2 is 1.86 bits per heavy atom.